The highest BCUT2D eigenvalue weighted by molar-refractivity contribution is 6.01. The molecule has 0 heterocycles. The van der Waals surface area contributed by atoms with Gasteiger partial charge in [0.1, 0.15) is 5.75 Å². The summed E-state index contributed by atoms with van der Waals surface area (Å²) in [6.45, 7) is 1.57. The molecule has 0 aliphatic carbocycles. The van der Waals surface area contributed by atoms with Gasteiger partial charge in [0.25, 0.3) is 5.69 Å². The SMILES string of the molecule is C/C(=N\OC(=O)c1cccc([N+](=O)[O-])c1)c1ccccc1O. The molecule has 0 bridgehead atoms. The molecule has 22 heavy (non-hydrogen) atoms. The minimum atomic E-state index is -0.821. The van der Waals surface area contributed by atoms with Crippen molar-refractivity contribution in [2.24, 2.45) is 5.16 Å². The summed E-state index contributed by atoms with van der Waals surface area (Å²) in [5, 5.41) is 24.0. The maximum Gasteiger partial charge on any atom is 0.365 e. The minimum absolute atomic E-state index is 0.00940. The highest BCUT2D eigenvalue weighted by Crippen LogP contribution is 2.17. The summed E-state index contributed by atoms with van der Waals surface area (Å²) >= 11 is 0. The summed E-state index contributed by atoms with van der Waals surface area (Å²) in [4.78, 5) is 26.6. The van der Waals surface area contributed by atoms with E-state index in [4.69, 9.17) is 4.84 Å². The second kappa shape index (κ2) is 6.49. The van der Waals surface area contributed by atoms with Crippen LogP contribution in [0.5, 0.6) is 5.75 Å². The van der Waals surface area contributed by atoms with E-state index in [1.807, 2.05) is 0 Å². The standard InChI is InChI=1S/C15H12N2O5/c1-10(13-7-2-3-8-14(13)18)16-22-15(19)11-5-4-6-12(9-11)17(20)21/h2-9,18H,1H3/b16-10+. The predicted molar refractivity (Wildman–Crippen MR) is 78.8 cm³/mol. The summed E-state index contributed by atoms with van der Waals surface area (Å²) in [5.41, 5.74) is 0.533. The topological polar surface area (TPSA) is 102 Å². The number of benzene rings is 2. The van der Waals surface area contributed by atoms with Crippen LogP contribution in [0.1, 0.15) is 22.8 Å². The number of nitro benzene ring substituents is 1. The van der Waals surface area contributed by atoms with Crippen LogP contribution < -0.4 is 0 Å². The Bertz CT molecular complexity index is 755. The van der Waals surface area contributed by atoms with Gasteiger partial charge in [0, 0.05) is 17.7 Å². The molecule has 0 aliphatic heterocycles. The third-order valence-electron chi connectivity index (χ3n) is 2.85. The Balaban J connectivity index is 2.16. The average molecular weight is 300 g/mol. The van der Waals surface area contributed by atoms with Crippen LogP contribution in [0, 0.1) is 10.1 Å². The van der Waals surface area contributed by atoms with Crippen LogP contribution in [0.25, 0.3) is 0 Å². The number of phenols is 1. The molecule has 1 N–H and O–H groups in total. The Kier molecular flexibility index (Phi) is 4.47. The Morgan fingerprint density at radius 2 is 1.95 bits per heavy atom. The van der Waals surface area contributed by atoms with Gasteiger partial charge in [-0.3, -0.25) is 10.1 Å². The number of oxime groups is 1. The van der Waals surface area contributed by atoms with Crippen molar-refractivity contribution >= 4 is 17.4 Å². The highest BCUT2D eigenvalue weighted by Gasteiger charge is 2.13. The van der Waals surface area contributed by atoms with Gasteiger partial charge in [-0.2, -0.15) is 0 Å². The first-order valence-corrected chi connectivity index (χ1v) is 6.28. The maximum atomic E-state index is 11.8. The van der Waals surface area contributed by atoms with Gasteiger partial charge < -0.3 is 9.94 Å². The molecule has 0 saturated heterocycles. The Hall–Kier alpha value is -3.22. The molecule has 0 aliphatic rings. The molecule has 7 nitrogen and oxygen atoms in total. The zero-order valence-corrected chi connectivity index (χ0v) is 11.6. The van der Waals surface area contributed by atoms with Crippen LogP contribution >= 0.6 is 0 Å². The van der Waals surface area contributed by atoms with Gasteiger partial charge >= 0.3 is 5.97 Å². The first-order chi connectivity index (χ1) is 10.5. The molecule has 2 aromatic rings. The summed E-state index contributed by atoms with van der Waals surface area (Å²) < 4.78 is 0. The number of nitrogens with zero attached hydrogens (tertiary/aromatic N) is 2. The number of carbonyl (C=O) groups excluding carboxylic acids is 1. The largest absolute Gasteiger partial charge is 0.507 e. The van der Waals surface area contributed by atoms with Gasteiger partial charge in [-0.15, -0.1) is 0 Å². The van der Waals surface area contributed by atoms with Crippen LogP contribution in [0.4, 0.5) is 5.69 Å². The van der Waals surface area contributed by atoms with E-state index in [-0.39, 0.29) is 17.0 Å². The fourth-order valence-corrected chi connectivity index (χ4v) is 1.74. The van der Waals surface area contributed by atoms with Gasteiger partial charge in [0.05, 0.1) is 16.2 Å². The summed E-state index contributed by atoms with van der Waals surface area (Å²) in [7, 11) is 0. The third-order valence-corrected chi connectivity index (χ3v) is 2.85. The number of rotatable bonds is 4. The fraction of sp³-hybridized carbons (Fsp3) is 0.0667. The van der Waals surface area contributed by atoms with Gasteiger partial charge in [0.15, 0.2) is 0 Å². The second-order valence-corrected chi connectivity index (χ2v) is 4.38. The van der Waals surface area contributed by atoms with Crippen molar-refractivity contribution in [2.45, 2.75) is 6.92 Å². The predicted octanol–water partition coefficient (Wildman–Crippen LogP) is 2.88. The molecule has 0 aromatic heterocycles. The molecule has 0 spiro atoms. The Morgan fingerprint density at radius 1 is 1.23 bits per heavy atom. The maximum absolute atomic E-state index is 11.8. The fourth-order valence-electron chi connectivity index (χ4n) is 1.74. The van der Waals surface area contributed by atoms with Crippen molar-refractivity contribution < 1.29 is 19.7 Å². The monoisotopic (exact) mass is 300 g/mol. The molecule has 0 radical (unpaired) electrons. The van der Waals surface area contributed by atoms with Crippen molar-refractivity contribution in [3.05, 3.63) is 69.8 Å². The summed E-state index contributed by atoms with van der Waals surface area (Å²) in [5.74, 6) is -0.811. The normalized spacial score (nSPS) is 11.0. The van der Waals surface area contributed by atoms with Gasteiger partial charge in [-0.25, -0.2) is 4.79 Å². The Labute approximate surface area is 125 Å². The molecule has 112 valence electrons. The third kappa shape index (κ3) is 3.45. The zero-order valence-electron chi connectivity index (χ0n) is 11.6. The molecule has 0 amide bonds. The van der Waals surface area contributed by atoms with Crippen LogP contribution in [0.15, 0.2) is 53.7 Å². The lowest BCUT2D eigenvalue weighted by molar-refractivity contribution is -0.384. The lowest BCUT2D eigenvalue weighted by Crippen LogP contribution is -2.04. The van der Waals surface area contributed by atoms with Gasteiger partial charge in [-0.1, -0.05) is 23.4 Å². The van der Waals surface area contributed by atoms with Crippen LogP contribution in [-0.2, 0) is 4.84 Å². The first kappa shape index (κ1) is 15.2. The molecule has 0 saturated carbocycles. The molecule has 0 unspecified atom stereocenters. The van der Waals surface area contributed by atoms with E-state index in [9.17, 15) is 20.0 Å². The van der Waals surface area contributed by atoms with E-state index in [1.54, 1.807) is 25.1 Å². The first-order valence-electron chi connectivity index (χ1n) is 6.28. The molecular formula is C15H12N2O5. The smallest absolute Gasteiger partial charge is 0.365 e. The van der Waals surface area contributed by atoms with E-state index in [0.717, 1.165) is 6.07 Å². The van der Waals surface area contributed by atoms with Crippen molar-refractivity contribution in [2.75, 3.05) is 0 Å². The average Bonchev–Trinajstić information content (AvgIpc) is 2.52. The summed E-state index contributed by atoms with van der Waals surface area (Å²) in [6, 6.07) is 11.6. The number of aromatic hydroxyl groups is 1. The van der Waals surface area contributed by atoms with Gasteiger partial charge in [-0.05, 0) is 25.1 Å². The zero-order chi connectivity index (χ0) is 16.1. The molecular weight excluding hydrogens is 288 g/mol. The number of hydrogen-bond donors (Lipinski definition) is 1. The van der Waals surface area contributed by atoms with Crippen molar-refractivity contribution in [3.8, 4) is 5.75 Å². The van der Waals surface area contributed by atoms with E-state index in [1.165, 1.54) is 24.3 Å². The van der Waals surface area contributed by atoms with Crippen LogP contribution in [0.2, 0.25) is 0 Å². The number of hydrogen-bond acceptors (Lipinski definition) is 6. The lowest BCUT2D eigenvalue weighted by atomic mass is 10.1. The number of phenolic OH excluding ortho intramolecular Hbond substituents is 1. The number of carbonyl (C=O) groups is 1. The van der Waals surface area contributed by atoms with Gasteiger partial charge in [0.2, 0.25) is 0 Å². The van der Waals surface area contributed by atoms with E-state index in [0.29, 0.717) is 11.3 Å². The quantitative estimate of drug-likeness (QED) is 0.405. The highest BCUT2D eigenvalue weighted by atomic mass is 16.7. The van der Waals surface area contributed by atoms with E-state index < -0.39 is 10.9 Å². The molecule has 0 fully saturated rings. The number of non-ortho nitro benzene ring substituents is 1. The number of nitro groups is 1. The second-order valence-electron chi connectivity index (χ2n) is 4.38. The van der Waals surface area contributed by atoms with Crippen molar-refractivity contribution in [1.29, 1.82) is 0 Å². The van der Waals surface area contributed by atoms with Crippen molar-refractivity contribution in [1.82, 2.24) is 0 Å². The van der Waals surface area contributed by atoms with Crippen LogP contribution in [-0.4, -0.2) is 21.7 Å². The van der Waals surface area contributed by atoms with E-state index in [2.05, 4.69) is 5.16 Å². The molecule has 2 aromatic carbocycles. The molecule has 2 rings (SSSR count). The van der Waals surface area contributed by atoms with Crippen LogP contribution in [0.3, 0.4) is 0 Å². The number of para-hydroxylation sites is 1. The Morgan fingerprint density at radius 3 is 2.64 bits per heavy atom. The lowest BCUT2D eigenvalue weighted by Gasteiger charge is -2.03. The molecule has 0 atom stereocenters. The minimum Gasteiger partial charge on any atom is -0.507 e. The summed E-state index contributed by atoms with van der Waals surface area (Å²) in [6.07, 6.45) is 0. The van der Waals surface area contributed by atoms with E-state index >= 15 is 0 Å². The van der Waals surface area contributed by atoms with Crippen molar-refractivity contribution in [3.63, 3.8) is 0 Å². The molecule has 7 heteroatoms.